The van der Waals surface area contributed by atoms with E-state index in [9.17, 15) is 4.79 Å². The summed E-state index contributed by atoms with van der Waals surface area (Å²) in [5, 5.41) is 0. The minimum atomic E-state index is -0.158. The highest BCUT2D eigenvalue weighted by molar-refractivity contribution is 5.77. The van der Waals surface area contributed by atoms with Gasteiger partial charge < -0.3 is 24.0 Å². The summed E-state index contributed by atoms with van der Waals surface area (Å²) >= 11 is 0. The Kier molecular flexibility index (Phi) is 5.90. The van der Waals surface area contributed by atoms with E-state index in [1.54, 1.807) is 19.0 Å². The third-order valence-corrected chi connectivity index (χ3v) is 6.38. The van der Waals surface area contributed by atoms with E-state index in [-0.39, 0.29) is 18.1 Å². The molecule has 0 bridgehead atoms. The molecule has 0 aliphatic carbocycles. The molecule has 6 heteroatoms. The Balaban J connectivity index is 1.40. The molecule has 3 heterocycles. The smallest absolute Gasteiger partial charge is 0.259 e. The lowest BCUT2D eigenvalue weighted by atomic mass is 9.79. The van der Waals surface area contributed by atoms with Crippen LogP contribution in [0.2, 0.25) is 0 Å². The Morgan fingerprint density at radius 3 is 2.82 bits per heavy atom. The van der Waals surface area contributed by atoms with E-state index in [0.29, 0.717) is 5.92 Å². The first-order valence-electron chi connectivity index (χ1n) is 10.5. The van der Waals surface area contributed by atoms with Crippen LogP contribution in [0.5, 0.6) is 5.75 Å². The first kappa shape index (κ1) is 19.7. The van der Waals surface area contributed by atoms with Crippen LogP contribution in [0.4, 0.5) is 0 Å². The van der Waals surface area contributed by atoms with Crippen molar-refractivity contribution in [2.24, 2.45) is 5.92 Å². The largest absolute Gasteiger partial charge is 0.484 e. The van der Waals surface area contributed by atoms with Crippen LogP contribution >= 0.6 is 0 Å². The third-order valence-electron chi connectivity index (χ3n) is 6.38. The monoisotopic (exact) mass is 388 g/mol. The SMILES string of the molecule is CN(C)C(=O)COc1ccc2c(c1)CCOC21CCN(CC2CCOC2)CC1. The van der Waals surface area contributed by atoms with Gasteiger partial charge in [0.05, 0.1) is 18.8 Å². The first-order valence-corrected chi connectivity index (χ1v) is 10.5. The molecule has 0 aromatic heterocycles. The van der Waals surface area contributed by atoms with E-state index in [4.69, 9.17) is 14.2 Å². The highest BCUT2D eigenvalue weighted by atomic mass is 16.5. The number of nitrogens with zero attached hydrogens (tertiary/aromatic N) is 2. The van der Waals surface area contributed by atoms with Crippen molar-refractivity contribution in [2.75, 3.05) is 60.2 Å². The van der Waals surface area contributed by atoms with Gasteiger partial charge in [0.2, 0.25) is 0 Å². The van der Waals surface area contributed by atoms with Crippen molar-refractivity contribution < 1.29 is 19.0 Å². The normalized spacial score (nSPS) is 24.1. The summed E-state index contributed by atoms with van der Waals surface area (Å²) in [6.45, 7) is 5.97. The second-order valence-electron chi connectivity index (χ2n) is 8.52. The van der Waals surface area contributed by atoms with Gasteiger partial charge in [0.15, 0.2) is 6.61 Å². The molecule has 28 heavy (non-hydrogen) atoms. The van der Waals surface area contributed by atoms with Crippen molar-refractivity contribution in [1.82, 2.24) is 9.80 Å². The molecule has 1 atom stereocenters. The maximum atomic E-state index is 11.8. The molecular weight excluding hydrogens is 356 g/mol. The summed E-state index contributed by atoms with van der Waals surface area (Å²) in [4.78, 5) is 15.9. The number of carbonyl (C=O) groups is 1. The van der Waals surface area contributed by atoms with Crippen molar-refractivity contribution in [1.29, 1.82) is 0 Å². The standard InChI is InChI=1S/C22H32N2O4/c1-23(2)21(25)16-27-19-3-4-20-18(13-19)6-12-28-22(20)7-9-24(10-8-22)14-17-5-11-26-15-17/h3-4,13,17H,5-12,14-16H2,1-2H3. The molecule has 0 saturated carbocycles. The Hall–Kier alpha value is -1.63. The third kappa shape index (κ3) is 4.19. The average Bonchev–Trinajstić information content (AvgIpc) is 3.21. The number of amides is 1. The summed E-state index contributed by atoms with van der Waals surface area (Å²) in [7, 11) is 3.48. The molecule has 3 aliphatic heterocycles. The average molecular weight is 389 g/mol. The number of piperidine rings is 1. The lowest BCUT2D eigenvalue weighted by Crippen LogP contribution is -2.47. The number of likely N-dealkylation sites (tertiary alicyclic amines) is 1. The van der Waals surface area contributed by atoms with E-state index in [0.717, 1.165) is 64.5 Å². The molecule has 1 aromatic carbocycles. The lowest BCUT2D eigenvalue weighted by Gasteiger charge is -2.45. The zero-order chi connectivity index (χ0) is 19.6. The Morgan fingerprint density at radius 1 is 1.29 bits per heavy atom. The molecule has 0 N–H and O–H groups in total. The maximum absolute atomic E-state index is 11.8. The van der Waals surface area contributed by atoms with Gasteiger partial charge in [0.25, 0.3) is 5.91 Å². The number of carbonyl (C=O) groups excluding carboxylic acids is 1. The van der Waals surface area contributed by atoms with Crippen LogP contribution in [-0.4, -0.2) is 75.9 Å². The van der Waals surface area contributed by atoms with Crippen molar-refractivity contribution in [2.45, 2.75) is 31.3 Å². The quantitative estimate of drug-likeness (QED) is 0.773. The molecule has 154 valence electrons. The molecule has 4 rings (SSSR count). The zero-order valence-electron chi connectivity index (χ0n) is 17.1. The van der Waals surface area contributed by atoms with Crippen LogP contribution in [0.1, 0.15) is 30.4 Å². The number of rotatable bonds is 5. The van der Waals surface area contributed by atoms with Crippen LogP contribution in [0.25, 0.3) is 0 Å². The Labute approximate surface area is 167 Å². The summed E-state index contributed by atoms with van der Waals surface area (Å²) in [6, 6.07) is 6.25. The highest BCUT2D eigenvalue weighted by Gasteiger charge is 2.41. The summed E-state index contributed by atoms with van der Waals surface area (Å²) in [5.74, 6) is 1.43. The van der Waals surface area contributed by atoms with Gasteiger partial charge in [-0.1, -0.05) is 6.07 Å². The fraction of sp³-hybridized carbons (Fsp3) is 0.682. The highest BCUT2D eigenvalue weighted by Crippen LogP contribution is 2.42. The molecular formula is C22H32N2O4. The number of likely N-dealkylation sites (N-methyl/N-ethyl adjacent to an activating group) is 1. The Bertz CT molecular complexity index is 692. The van der Waals surface area contributed by atoms with Crippen LogP contribution in [-0.2, 0) is 26.3 Å². The van der Waals surface area contributed by atoms with Crippen LogP contribution in [0.3, 0.4) is 0 Å². The van der Waals surface area contributed by atoms with Crippen LogP contribution in [0, 0.1) is 5.92 Å². The molecule has 3 aliphatic rings. The first-order chi connectivity index (χ1) is 13.6. The Morgan fingerprint density at radius 2 is 2.11 bits per heavy atom. The second kappa shape index (κ2) is 8.39. The van der Waals surface area contributed by atoms with E-state index in [1.165, 1.54) is 17.5 Å². The van der Waals surface area contributed by atoms with E-state index >= 15 is 0 Å². The van der Waals surface area contributed by atoms with Gasteiger partial charge in [-0.3, -0.25) is 4.79 Å². The topological polar surface area (TPSA) is 51.2 Å². The van der Waals surface area contributed by atoms with Crippen molar-refractivity contribution in [3.8, 4) is 5.75 Å². The van der Waals surface area contributed by atoms with Gasteiger partial charge in [0, 0.05) is 40.3 Å². The predicted molar refractivity (Wildman–Crippen MR) is 107 cm³/mol. The number of benzene rings is 1. The van der Waals surface area contributed by atoms with Crippen molar-refractivity contribution in [3.63, 3.8) is 0 Å². The maximum Gasteiger partial charge on any atom is 0.259 e. The molecule has 1 spiro atoms. The summed E-state index contributed by atoms with van der Waals surface area (Å²) in [5.41, 5.74) is 2.46. The number of ether oxygens (including phenoxy) is 3. The van der Waals surface area contributed by atoms with Gasteiger partial charge >= 0.3 is 0 Å². The fourth-order valence-corrected chi connectivity index (χ4v) is 4.62. The van der Waals surface area contributed by atoms with Crippen molar-refractivity contribution in [3.05, 3.63) is 29.3 Å². The van der Waals surface area contributed by atoms with Crippen molar-refractivity contribution >= 4 is 5.91 Å². The number of fused-ring (bicyclic) bond motifs is 2. The molecule has 0 radical (unpaired) electrons. The molecule has 1 amide bonds. The fourth-order valence-electron chi connectivity index (χ4n) is 4.62. The molecule has 6 nitrogen and oxygen atoms in total. The minimum absolute atomic E-state index is 0.0300. The lowest BCUT2D eigenvalue weighted by molar-refractivity contribution is -0.130. The number of hydrogen-bond donors (Lipinski definition) is 0. The van der Waals surface area contributed by atoms with Gasteiger partial charge in [-0.25, -0.2) is 0 Å². The van der Waals surface area contributed by atoms with E-state index in [2.05, 4.69) is 17.0 Å². The molecule has 2 fully saturated rings. The van der Waals surface area contributed by atoms with Gasteiger partial charge in [-0.05, 0) is 54.9 Å². The van der Waals surface area contributed by atoms with Crippen LogP contribution < -0.4 is 4.74 Å². The van der Waals surface area contributed by atoms with E-state index in [1.807, 2.05) is 6.07 Å². The second-order valence-corrected chi connectivity index (χ2v) is 8.52. The zero-order valence-corrected chi connectivity index (χ0v) is 17.1. The summed E-state index contributed by atoms with van der Waals surface area (Å²) < 4.78 is 17.6. The minimum Gasteiger partial charge on any atom is -0.484 e. The molecule has 1 aromatic rings. The van der Waals surface area contributed by atoms with Gasteiger partial charge in [-0.2, -0.15) is 0 Å². The number of hydrogen-bond acceptors (Lipinski definition) is 5. The van der Waals surface area contributed by atoms with Crippen LogP contribution in [0.15, 0.2) is 18.2 Å². The summed E-state index contributed by atoms with van der Waals surface area (Å²) in [6.07, 6.45) is 4.17. The van der Waals surface area contributed by atoms with Gasteiger partial charge in [-0.15, -0.1) is 0 Å². The molecule has 2 saturated heterocycles. The van der Waals surface area contributed by atoms with E-state index < -0.39 is 0 Å². The van der Waals surface area contributed by atoms with Gasteiger partial charge in [0.1, 0.15) is 5.75 Å². The molecule has 1 unspecified atom stereocenters. The predicted octanol–water partition coefficient (Wildman–Crippen LogP) is 2.05.